The van der Waals surface area contributed by atoms with E-state index in [1.807, 2.05) is 0 Å². The number of hydrogen-bond acceptors (Lipinski definition) is 3. The highest BCUT2D eigenvalue weighted by molar-refractivity contribution is 9.10. The molecule has 32 heavy (non-hydrogen) atoms. The predicted octanol–water partition coefficient (Wildman–Crippen LogP) is 6.26. The van der Waals surface area contributed by atoms with Crippen LogP contribution in [0.2, 0.25) is 15.1 Å². The van der Waals surface area contributed by atoms with Gasteiger partial charge in [-0.3, -0.25) is 9.59 Å². The van der Waals surface area contributed by atoms with Crippen LogP contribution in [0, 0.1) is 0 Å². The summed E-state index contributed by atoms with van der Waals surface area (Å²) < 4.78 is 6.46. The highest BCUT2D eigenvalue weighted by atomic mass is 79.9. The SMILES string of the molecule is CC(C(=O)NC1CCCC1)N(Cc1ccc(Cl)cc1Cl)C(=O)COc1ccc(Br)cc1Cl. The van der Waals surface area contributed by atoms with Crippen LogP contribution in [0.15, 0.2) is 40.9 Å². The van der Waals surface area contributed by atoms with Gasteiger partial charge in [0.2, 0.25) is 5.91 Å². The largest absolute Gasteiger partial charge is 0.482 e. The summed E-state index contributed by atoms with van der Waals surface area (Å²) in [4.78, 5) is 27.5. The second-order valence-corrected chi connectivity index (χ2v) is 9.95. The Labute approximate surface area is 211 Å². The van der Waals surface area contributed by atoms with E-state index < -0.39 is 6.04 Å². The van der Waals surface area contributed by atoms with Gasteiger partial charge in [0.15, 0.2) is 6.61 Å². The minimum absolute atomic E-state index is 0.144. The van der Waals surface area contributed by atoms with E-state index in [1.54, 1.807) is 43.3 Å². The minimum Gasteiger partial charge on any atom is -0.482 e. The fraction of sp³-hybridized carbons (Fsp3) is 0.391. The molecule has 1 N–H and O–H groups in total. The summed E-state index contributed by atoms with van der Waals surface area (Å²) in [5, 5.41) is 4.36. The first kappa shape index (κ1) is 25.2. The van der Waals surface area contributed by atoms with Gasteiger partial charge < -0.3 is 15.0 Å². The molecule has 0 aliphatic heterocycles. The summed E-state index contributed by atoms with van der Waals surface area (Å²) in [6.45, 7) is 1.58. The first-order valence-corrected chi connectivity index (χ1v) is 12.3. The van der Waals surface area contributed by atoms with Gasteiger partial charge in [0.1, 0.15) is 11.8 Å². The molecule has 1 fully saturated rings. The molecule has 2 amide bonds. The van der Waals surface area contributed by atoms with Gasteiger partial charge in [-0.25, -0.2) is 0 Å². The lowest BCUT2D eigenvalue weighted by Crippen LogP contribution is -2.50. The third-order valence-electron chi connectivity index (χ3n) is 5.47. The van der Waals surface area contributed by atoms with Crippen molar-refractivity contribution in [1.29, 1.82) is 0 Å². The molecule has 1 atom stereocenters. The van der Waals surface area contributed by atoms with Crippen LogP contribution in [0.3, 0.4) is 0 Å². The number of carbonyl (C=O) groups is 2. The standard InChI is InChI=1S/C23H24BrCl3N2O3/c1-14(23(31)28-18-4-2-3-5-18)29(12-15-6-8-17(25)11-19(15)26)22(30)13-32-21-9-7-16(24)10-20(21)27/h6-11,14,18H,2-5,12-13H2,1H3,(H,28,31). The molecule has 2 aromatic carbocycles. The summed E-state index contributed by atoms with van der Waals surface area (Å²) in [7, 11) is 0. The number of nitrogens with zero attached hydrogens (tertiary/aromatic N) is 1. The first-order chi connectivity index (χ1) is 15.2. The van der Waals surface area contributed by atoms with Gasteiger partial charge in [-0.2, -0.15) is 0 Å². The number of carbonyl (C=O) groups excluding carboxylic acids is 2. The van der Waals surface area contributed by atoms with Crippen molar-refractivity contribution in [3.63, 3.8) is 0 Å². The molecule has 0 heterocycles. The van der Waals surface area contributed by atoms with Crippen molar-refractivity contribution in [2.24, 2.45) is 0 Å². The van der Waals surface area contributed by atoms with Crippen LogP contribution in [0.25, 0.3) is 0 Å². The molecule has 172 valence electrons. The number of amides is 2. The van der Waals surface area contributed by atoms with Crippen molar-refractivity contribution < 1.29 is 14.3 Å². The van der Waals surface area contributed by atoms with Gasteiger partial charge in [0, 0.05) is 27.1 Å². The Kier molecular flexibility index (Phi) is 9.12. The molecule has 2 aromatic rings. The molecule has 1 aliphatic carbocycles. The third kappa shape index (κ3) is 6.77. The zero-order chi connectivity index (χ0) is 23.3. The van der Waals surface area contributed by atoms with Crippen LogP contribution in [-0.4, -0.2) is 35.4 Å². The molecule has 5 nitrogen and oxygen atoms in total. The molecule has 9 heteroatoms. The van der Waals surface area contributed by atoms with Gasteiger partial charge in [-0.05, 0) is 55.7 Å². The van der Waals surface area contributed by atoms with Crippen LogP contribution in [0.4, 0.5) is 0 Å². The summed E-state index contributed by atoms with van der Waals surface area (Å²) in [5.41, 5.74) is 0.687. The van der Waals surface area contributed by atoms with E-state index >= 15 is 0 Å². The van der Waals surface area contributed by atoms with Gasteiger partial charge in [0.05, 0.1) is 5.02 Å². The Hall–Kier alpha value is -1.47. The van der Waals surface area contributed by atoms with Crippen LogP contribution < -0.4 is 10.1 Å². The first-order valence-electron chi connectivity index (χ1n) is 10.4. The molecule has 3 rings (SSSR count). The normalized spacial score (nSPS) is 14.8. The van der Waals surface area contributed by atoms with Crippen molar-refractivity contribution in [3.8, 4) is 5.75 Å². The van der Waals surface area contributed by atoms with Crippen molar-refractivity contribution in [2.75, 3.05) is 6.61 Å². The van der Waals surface area contributed by atoms with Crippen molar-refractivity contribution in [2.45, 2.75) is 51.2 Å². The topological polar surface area (TPSA) is 58.6 Å². The van der Waals surface area contributed by atoms with E-state index in [0.717, 1.165) is 30.2 Å². The Bertz CT molecular complexity index is 983. The molecular weight excluding hydrogens is 539 g/mol. The Morgan fingerprint density at radius 3 is 2.50 bits per heavy atom. The molecule has 0 saturated heterocycles. The second kappa shape index (κ2) is 11.6. The summed E-state index contributed by atoms with van der Waals surface area (Å²) in [6.07, 6.45) is 4.12. The molecule has 1 aliphatic rings. The zero-order valence-corrected chi connectivity index (χ0v) is 21.4. The lowest BCUT2D eigenvalue weighted by molar-refractivity contribution is -0.142. The Morgan fingerprint density at radius 2 is 1.84 bits per heavy atom. The summed E-state index contributed by atoms with van der Waals surface area (Å²) in [6, 6.07) is 9.64. The van der Waals surface area contributed by atoms with E-state index in [2.05, 4.69) is 21.2 Å². The van der Waals surface area contributed by atoms with E-state index in [-0.39, 0.29) is 31.0 Å². The fourth-order valence-electron chi connectivity index (χ4n) is 3.62. The molecule has 0 radical (unpaired) electrons. The smallest absolute Gasteiger partial charge is 0.261 e. The van der Waals surface area contributed by atoms with E-state index in [1.165, 1.54) is 4.90 Å². The molecule has 1 unspecified atom stereocenters. The lowest BCUT2D eigenvalue weighted by Gasteiger charge is -2.30. The van der Waals surface area contributed by atoms with Crippen molar-refractivity contribution >= 4 is 62.5 Å². The number of ether oxygens (including phenoxy) is 1. The average Bonchev–Trinajstić information content (AvgIpc) is 3.25. The summed E-state index contributed by atoms with van der Waals surface area (Å²) in [5.74, 6) is -0.170. The Morgan fingerprint density at radius 1 is 1.12 bits per heavy atom. The highest BCUT2D eigenvalue weighted by Crippen LogP contribution is 2.28. The number of halogens is 4. The van der Waals surface area contributed by atoms with E-state index in [0.29, 0.717) is 26.4 Å². The van der Waals surface area contributed by atoms with Crippen LogP contribution >= 0.6 is 50.7 Å². The fourth-order valence-corrected chi connectivity index (χ4v) is 4.82. The van der Waals surface area contributed by atoms with Gasteiger partial charge in [-0.15, -0.1) is 0 Å². The van der Waals surface area contributed by atoms with Gasteiger partial charge in [-0.1, -0.05) is 69.6 Å². The monoisotopic (exact) mass is 560 g/mol. The Balaban J connectivity index is 1.76. The van der Waals surface area contributed by atoms with Gasteiger partial charge in [0.25, 0.3) is 5.91 Å². The number of hydrogen-bond donors (Lipinski definition) is 1. The number of nitrogens with one attached hydrogen (secondary N) is 1. The number of rotatable bonds is 8. The predicted molar refractivity (Wildman–Crippen MR) is 132 cm³/mol. The van der Waals surface area contributed by atoms with E-state index in [4.69, 9.17) is 39.5 Å². The maximum Gasteiger partial charge on any atom is 0.261 e. The van der Waals surface area contributed by atoms with Crippen LogP contribution in [0.1, 0.15) is 38.2 Å². The average molecular weight is 563 g/mol. The molecule has 1 saturated carbocycles. The van der Waals surface area contributed by atoms with Crippen molar-refractivity contribution in [1.82, 2.24) is 10.2 Å². The maximum atomic E-state index is 13.2. The molecule has 0 aromatic heterocycles. The lowest BCUT2D eigenvalue weighted by atomic mass is 10.1. The van der Waals surface area contributed by atoms with Gasteiger partial charge >= 0.3 is 0 Å². The minimum atomic E-state index is -0.709. The van der Waals surface area contributed by atoms with Crippen molar-refractivity contribution in [3.05, 3.63) is 61.5 Å². The quantitative estimate of drug-likeness (QED) is 0.413. The molecule has 0 spiro atoms. The molecule has 0 bridgehead atoms. The zero-order valence-electron chi connectivity index (χ0n) is 17.5. The summed E-state index contributed by atoms with van der Waals surface area (Å²) >= 11 is 21.9. The maximum absolute atomic E-state index is 13.2. The second-order valence-electron chi connectivity index (χ2n) is 7.79. The highest BCUT2D eigenvalue weighted by Gasteiger charge is 2.29. The van der Waals surface area contributed by atoms with Crippen LogP contribution in [-0.2, 0) is 16.1 Å². The number of benzene rings is 2. The van der Waals surface area contributed by atoms with Crippen LogP contribution in [0.5, 0.6) is 5.75 Å². The molecular formula is C23H24BrCl3N2O3. The third-order valence-corrected chi connectivity index (χ3v) is 6.85. The van der Waals surface area contributed by atoms with E-state index in [9.17, 15) is 9.59 Å².